The molecule has 0 saturated carbocycles. The summed E-state index contributed by atoms with van der Waals surface area (Å²) in [7, 11) is 0. The van der Waals surface area contributed by atoms with Crippen LogP contribution in [0.15, 0.2) is 68.8 Å². The molecule has 0 radical (unpaired) electrons. The van der Waals surface area contributed by atoms with Crippen LogP contribution in [0, 0.1) is 0 Å². The molecule has 0 atom stereocenters. The van der Waals surface area contributed by atoms with E-state index >= 15 is 0 Å². The lowest BCUT2D eigenvalue weighted by molar-refractivity contribution is 0.473. The Bertz CT molecular complexity index is 1160. The van der Waals surface area contributed by atoms with Crippen LogP contribution >= 0.6 is 23.4 Å². The third-order valence-corrected chi connectivity index (χ3v) is 5.13. The molecule has 25 heavy (non-hydrogen) atoms. The Morgan fingerprint density at radius 2 is 1.96 bits per heavy atom. The molecule has 2 aromatic carbocycles. The van der Waals surface area contributed by atoms with Gasteiger partial charge in [0.2, 0.25) is 0 Å². The van der Waals surface area contributed by atoms with E-state index in [0.29, 0.717) is 16.7 Å². The zero-order chi connectivity index (χ0) is 17.4. The Morgan fingerprint density at radius 1 is 1.12 bits per heavy atom. The first-order valence-electron chi connectivity index (χ1n) is 7.54. The van der Waals surface area contributed by atoms with Crippen LogP contribution in [0.1, 0.15) is 5.56 Å². The Morgan fingerprint density at radius 3 is 2.84 bits per heavy atom. The summed E-state index contributed by atoms with van der Waals surface area (Å²) in [6, 6.07) is 16.3. The number of hydrogen-bond acceptors (Lipinski definition) is 5. The van der Waals surface area contributed by atoms with Gasteiger partial charge in [0, 0.05) is 28.7 Å². The van der Waals surface area contributed by atoms with Crippen LogP contribution in [0.5, 0.6) is 5.75 Å². The lowest BCUT2D eigenvalue weighted by atomic mass is 10.1. The van der Waals surface area contributed by atoms with Crippen LogP contribution in [-0.4, -0.2) is 10.1 Å². The molecule has 0 aliphatic rings. The van der Waals surface area contributed by atoms with Crippen LogP contribution in [0.2, 0.25) is 5.02 Å². The van der Waals surface area contributed by atoms with Gasteiger partial charge in [-0.05, 0) is 23.8 Å². The minimum atomic E-state index is -0.462. The number of aromatic hydroxyl groups is 1. The van der Waals surface area contributed by atoms with Gasteiger partial charge in [0.15, 0.2) is 0 Å². The number of para-hydroxylation sites is 1. The van der Waals surface area contributed by atoms with Gasteiger partial charge in [-0.25, -0.2) is 9.78 Å². The molecular formula is C19H12ClNO3S. The summed E-state index contributed by atoms with van der Waals surface area (Å²) < 4.78 is 5.15. The second-order valence-corrected chi connectivity index (χ2v) is 6.92. The molecule has 124 valence electrons. The molecule has 0 saturated heterocycles. The van der Waals surface area contributed by atoms with Crippen LogP contribution < -0.4 is 5.63 Å². The van der Waals surface area contributed by atoms with E-state index in [2.05, 4.69) is 4.98 Å². The van der Waals surface area contributed by atoms with E-state index in [0.717, 1.165) is 21.5 Å². The highest BCUT2D eigenvalue weighted by Crippen LogP contribution is 2.32. The number of hydrogen-bond donors (Lipinski definition) is 1. The fourth-order valence-electron chi connectivity index (χ4n) is 2.63. The normalized spacial score (nSPS) is 11.2. The molecule has 6 heteroatoms. The second kappa shape index (κ2) is 6.43. The number of aromatic nitrogens is 1. The third-order valence-electron chi connectivity index (χ3n) is 3.85. The van der Waals surface area contributed by atoms with Crippen molar-refractivity contribution >= 4 is 45.2 Å². The van der Waals surface area contributed by atoms with Gasteiger partial charge >= 0.3 is 5.63 Å². The summed E-state index contributed by atoms with van der Waals surface area (Å²) in [5.41, 5.74) is 1.57. The second-order valence-electron chi connectivity index (χ2n) is 5.52. The maximum Gasteiger partial charge on any atom is 0.336 e. The van der Waals surface area contributed by atoms with E-state index in [1.54, 1.807) is 6.07 Å². The number of phenolic OH excluding ortho intramolecular Hbond substituents is 1. The average molecular weight is 370 g/mol. The summed E-state index contributed by atoms with van der Waals surface area (Å²) in [5, 5.41) is 12.6. The summed E-state index contributed by atoms with van der Waals surface area (Å²) in [6.45, 7) is 0. The monoisotopic (exact) mass is 369 g/mol. The number of rotatable bonds is 3. The molecule has 4 rings (SSSR count). The predicted molar refractivity (Wildman–Crippen MR) is 100 cm³/mol. The van der Waals surface area contributed by atoms with E-state index in [-0.39, 0.29) is 10.8 Å². The molecular weight excluding hydrogens is 358 g/mol. The van der Waals surface area contributed by atoms with Crippen molar-refractivity contribution < 1.29 is 9.52 Å². The van der Waals surface area contributed by atoms with Gasteiger partial charge in [-0.3, -0.25) is 0 Å². The Labute approximate surface area is 152 Å². The molecule has 0 aliphatic carbocycles. The zero-order valence-corrected chi connectivity index (χ0v) is 14.5. The molecule has 0 spiro atoms. The van der Waals surface area contributed by atoms with Crippen LogP contribution in [0.4, 0.5) is 0 Å². The molecule has 2 heterocycles. The molecule has 1 N–H and O–H groups in total. The van der Waals surface area contributed by atoms with Crippen LogP contribution in [0.25, 0.3) is 21.9 Å². The number of benzene rings is 2. The summed E-state index contributed by atoms with van der Waals surface area (Å²) in [6.07, 6.45) is 0. The number of nitrogens with zero attached hydrogens (tertiary/aromatic N) is 1. The van der Waals surface area contributed by atoms with E-state index in [1.165, 1.54) is 23.9 Å². The summed E-state index contributed by atoms with van der Waals surface area (Å²) in [5.74, 6) is 0.424. The quantitative estimate of drug-likeness (QED) is 0.407. The van der Waals surface area contributed by atoms with E-state index < -0.39 is 5.63 Å². The first kappa shape index (κ1) is 16.0. The van der Waals surface area contributed by atoms with Crippen molar-refractivity contribution in [3.05, 3.63) is 75.6 Å². The number of phenols is 1. The number of pyridine rings is 1. The van der Waals surface area contributed by atoms with E-state index in [4.69, 9.17) is 16.0 Å². The molecule has 4 aromatic rings. The molecule has 4 nitrogen and oxygen atoms in total. The van der Waals surface area contributed by atoms with Gasteiger partial charge < -0.3 is 9.52 Å². The van der Waals surface area contributed by atoms with Gasteiger partial charge in [0.05, 0.1) is 15.6 Å². The summed E-state index contributed by atoms with van der Waals surface area (Å²) in [4.78, 5) is 16.4. The maximum absolute atomic E-state index is 11.8. The van der Waals surface area contributed by atoms with E-state index in [1.807, 2.05) is 36.4 Å². The van der Waals surface area contributed by atoms with Crippen LogP contribution in [-0.2, 0) is 5.75 Å². The van der Waals surface area contributed by atoms with E-state index in [9.17, 15) is 9.90 Å². The Balaban J connectivity index is 1.70. The van der Waals surface area contributed by atoms with Crippen molar-refractivity contribution in [2.45, 2.75) is 10.8 Å². The maximum atomic E-state index is 11.8. The van der Waals surface area contributed by atoms with Crippen molar-refractivity contribution in [3.63, 3.8) is 0 Å². The standard InChI is InChI=1S/C19H12ClNO3S/c20-14-8-13-12(7-19(23)24-17(13)9-16(14)22)10-25-18-6-5-11-3-1-2-4-15(11)21-18/h1-9,22H,10H2. The van der Waals surface area contributed by atoms with Gasteiger partial charge in [-0.1, -0.05) is 35.9 Å². The van der Waals surface area contributed by atoms with Gasteiger partial charge in [0.25, 0.3) is 0 Å². The zero-order valence-electron chi connectivity index (χ0n) is 12.9. The predicted octanol–water partition coefficient (Wildman–Crippen LogP) is 4.99. The van der Waals surface area contributed by atoms with Crippen molar-refractivity contribution in [1.29, 1.82) is 0 Å². The number of halogens is 1. The number of fused-ring (bicyclic) bond motifs is 2. The SMILES string of the molecule is O=c1cc(CSc2ccc3ccccc3n2)c2cc(Cl)c(O)cc2o1. The van der Waals surface area contributed by atoms with Crippen LogP contribution in [0.3, 0.4) is 0 Å². The molecule has 0 fully saturated rings. The Hall–Kier alpha value is -2.50. The minimum Gasteiger partial charge on any atom is -0.506 e. The van der Waals surface area contributed by atoms with Gasteiger partial charge in [0.1, 0.15) is 11.3 Å². The fourth-order valence-corrected chi connectivity index (χ4v) is 3.67. The number of thioether (sulfide) groups is 1. The highest BCUT2D eigenvalue weighted by atomic mass is 35.5. The first-order valence-corrected chi connectivity index (χ1v) is 8.90. The molecule has 0 aliphatic heterocycles. The van der Waals surface area contributed by atoms with Gasteiger partial charge in [-0.2, -0.15) is 0 Å². The lowest BCUT2D eigenvalue weighted by Crippen LogP contribution is -2.00. The molecule has 0 amide bonds. The topological polar surface area (TPSA) is 63.3 Å². The van der Waals surface area contributed by atoms with Gasteiger partial charge in [-0.15, -0.1) is 11.8 Å². The molecule has 0 unspecified atom stereocenters. The summed E-state index contributed by atoms with van der Waals surface area (Å²) >= 11 is 7.52. The molecule has 0 bridgehead atoms. The highest BCUT2D eigenvalue weighted by molar-refractivity contribution is 7.98. The Kier molecular flexibility index (Phi) is 4.11. The third kappa shape index (κ3) is 3.21. The minimum absolute atomic E-state index is 0.113. The van der Waals surface area contributed by atoms with Crippen molar-refractivity contribution in [3.8, 4) is 5.75 Å². The van der Waals surface area contributed by atoms with Crippen molar-refractivity contribution in [2.75, 3.05) is 0 Å². The van der Waals surface area contributed by atoms with Crippen molar-refractivity contribution in [1.82, 2.24) is 4.98 Å². The largest absolute Gasteiger partial charge is 0.506 e. The first-order chi connectivity index (χ1) is 12.1. The molecule has 2 aromatic heterocycles. The lowest BCUT2D eigenvalue weighted by Gasteiger charge is -2.07. The fraction of sp³-hybridized carbons (Fsp3) is 0.0526. The highest BCUT2D eigenvalue weighted by Gasteiger charge is 2.10. The van der Waals surface area contributed by atoms with Crippen molar-refractivity contribution in [2.24, 2.45) is 0 Å². The smallest absolute Gasteiger partial charge is 0.336 e. The average Bonchev–Trinajstić information content (AvgIpc) is 2.61.